The molecule has 1 aromatic rings. The molecule has 98 valence electrons. The van der Waals surface area contributed by atoms with E-state index in [0.29, 0.717) is 4.88 Å². The van der Waals surface area contributed by atoms with E-state index in [1.807, 2.05) is 11.8 Å². The molecule has 7 heteroatoms. The molecule has 2 rings (SSSR count). The normalized spacial score (nSPS) is 15.4. The summed E-state index contributed by atoms with van der Waals surface area (Å²) in [6.07, 6.45) is 0. The van der Waals surface area contributed by atoms with Crippen LogP contribution in [-0.2, 0) is 9.63 Å². The standard InChI is InChI=1S/C11H14N2O3S2/c14-10(13-3-6-17-7-4-13)8-12-16-11(15)9-2-1-5-18-9/h1-2,5,12H,3-4,6-8H2. The van der Waals surface area contributed by atoms with E-state index in [-0.39, 0.29) is 12.5 Å². The first-order valence-electron chi connectivity index (χ1n) is 5.60. The Kier molecular flexibility index (Phi) is 5.03. The molecule has 1 fully saturated rings. The number of carbonyl (C=O) groups is 2. The topological polar surface area (TPSA) is 58.6 Å². The number of carbonyl (C=O) groups excluding carboxylic acids is 2. The van der Waals surface area contributed by atoms with E-state index in [1.54, 1.807) is 22.4 Å². The number of thioether (sulfide) groups is 1. The summed E-state index contributed by atoms with van der Waals surface area (Å²) in [6, 6.07) is 3.45. The van der Waals surface area contributed by atoms with Crippen LogP contribution in [0.15, 0.2) is 17.5 Å². The summed E-state index contributed by atoms with van der Waals surface area (Å²) in [7, 11) is 0. The number of nitrogens with one attached hydrogen (secondary N) is 1. The number of rotatable bonds is 4. The van der Waals surface area contributed by atoms with Crippen LogP contribution in [0.2, 0.25) is 0 Å². The third kappa shape index (κ3) is 3.72. The molecule has 1 aliphatic heterocycles. The van der Waals surface area contributed by atoms with Crippen LogP contribution in [0.3, 0.4) is 0 Å². The van der Waals surface area contributed by atoms with Crippen LogP contribution in [0.5, 0.6) is 0 Å². The quantitative estimate of drug-likeness (QED) is 0.836. The van der Waals surface area contributed by atoms with Crippen LogP contribution in [0, 0.1) is 0 Å². The monoisotopic (exact) mass is 286 g/mol. The summed E-state index contributed by atoms with van der Waals surface area (Å²) in [4.78, 5) is 30.3. The lowest BCUT2D eigenvalue weighted by molar-refractivity contribution is -0.131. The molecule has 0 aliphatic carbocycles. The van der Waals surface area contributed by atoms with Gasteiger partial charge in [-0.05, 0) is 11.4 Å². The molecule has 1 saturated heterocycles. The van der Waals surface area contributed by atoms with Gasteiger partial charge in [-0.3, -0.25) is 4.79 Å². The van der Waals surface area contributed by atoms with Gasteiger partial charge in [0.05, 0.1) is 0 Å². The Bertz CT molecular complexity index is 402. The predicted molar refractivity (Wildman–Crippen MR) is 71.6 cm³/mol. The van der Waals surface area contributed by atoms with Crippen molar-refractivity contribution in [3.63, 3.8) is 0 Å². The molecule has 0 spiro atoms. The molecule has 0 aromatic carbocycles. The van der Waals surface area contributed by atoms with Crippen molar-refractivity contribution >= 4 is 35.0 Å². The van der Waals surface area contributed by atoms with Gasteiger partial charge >= 0.3 is 5.97 Å². The Morgan fingerprint density at radius 1 is 1.39 bits per heavy atom. The van der Waals surface area contributed by atoms with E-state index in [1.165, 1.54) is 11.3 Å². The molecular formula is C11H14N2O3S2. The van der Waals surface area contributed by atoms with Crippen molar-refractivity contribution in [3.05, 3.63) is 22.4 Å². The molecule has 0 unspecified atom stereocenters. The van der Waals surface area contributed by atoms with Crippen molar-refractivity contribution in [2.24, 2.45) is 0 Å². The fourth-order valence-corrected chi connectivity index (χ4v) is 3.03. The average molecular weight is 286 g/mol. The summed E-state index contributed by atoms with van der Waals surface area (Å²) in [5.41, 5.74) is 2.43. The third-order valence-electron chi connectivity index (χ3n) is 2.47. The minimum Gasteiger partial charge on any atom is -0.366 e. The Balaban J connectivity index is 1.68. The highest BCUT2D eigenvalue weighted by Crippen LogP contribution is 2.10. The maximum Gasteiger partial charge on any atom is 0.366 e. The summed E-state index contributed by atoms with van der Waals surface area (Å²) < 4.78 is 0. The van der Waals surface area contributed by atoms with Gasteiger partial charge in [0.1, 0.15) is 11.4 Å². The molecule has 0 atom stereocenters. The van der Waals surface area contributed by atoms with Crippen molar-refractivity contribution < 1.29 is 14.4 Å². The van der Waals surface area contributed by atoms with Gasteiger partial charge in [-0.25, -0.2) is 4.79 Å². The van der Waals surface area contributed by atoms with E-state index in [4.69, 9.17) is 4.84 Å². The second-order valence-electron chi connectivity index (χ2n) is 3.68. The molecule has 18 heavy (non-hydrogen) atoms. The van der Waals surface area contributed by atoms with Gasteiger partial charge in [-0.1, -0.05) is 6.07 Å². The van der Waals surface area contributed by atoms with Crippen LogP contribution >= 0.6 is 23.1 Å². The number of thiophene rings is 1. The largest absolute Gasteiger partial charge is 0.366 e. The van der Waals surface area contributed by atoms with Crippen LogP contribution in [0.1, 0.15) is 9.67 Å². The number of amides is 1. The van der Waals surface area contributed by atoms with Gasteiger partial charge in [-0.15, -0.1) is 16.8 Å². The zero-order valence-electron chi connectivity index (χ0n) is 9.76. The second-order valence-corrected chi connectivity index (χ2v) is 5.85. The minimum atomic E-state index is -0.452. The number of hydrogen-bond donors (Lipinski definition) is 1. The number of nitrogens with zero attached hydrogens (tertiary/aromatic N) is 1. The Morgan fingerprint density at radius 2 is 2.17 bits per heavy atom. The summed E-state index contributed by atoms with van der Waals surface area (Å²) in [6.45, 7) is 1.57. The molecule has 1 aliphatic rings. The van der Waals surface area contributed by atoms with E-state index < -0.39 is 5.97 Å². The van der Waals surface area contributed by atoms with Gasteiger partial charge < -0.3 is 9.74 Å². The highest BCUT2D eigenvalue weighted by atomic mass is 32.2. The molecule has 0 bridgehead atoms. The maximum atomic E-state index is 11.7. The van der Waals surface area contributed by atoms with E-state index >= 15 is 0 Å². The highest BCUT2D eigenvalue weighted by molar-refractivity contribution is 7.99. The molecule has 5 nitrogen and oxygen atoms in total. The van der Waals surface area contributed by atoms with Crippen molar-refractivity contribution in [2.45, 2.75) is 0 Å². The Hall–Kier alpha value is -1.05. The molecule has 1 N–H and O–H groups in total. The van der Waals surface area contributed by atoms with Crippen molar-refractivity contribution in [1.82, 2.24) is 10.4 Å². The van der Waals surface area contributed by atoms with Crippen molar-refractivity contribution in [1.29, 1.82) is 0 Å². The highest BCUT2D eigenvalue weighted by Gasteiger charge is 2.17. The minimum absolute atomic E-state index is 0.0295. The molecule has 1 amide bonds. The van der Waals surface area contributed by atoms with Crippen LogP contribution < -0.4 is 5.48 Å². The fourth-order valence-electron chi connectivity index (χ4n) is 1.53. The fraction of sp³-hybridized carbons (Fsp3) is 0.455. The lowest BCUT2D eigenvalue weighted by atomic mass is 10.4. The van der Waals surface area contributed by atoms with E-state index in [0.717, 1.165) is 24.6 Å². The van der Waals surface area contributed by atoms with E-state index in [9.17, 15) is 9.59 Å². The average Bonchev–Trinajstić information content (AvgIpc) is 2.93. The molecular weight excluding hydrogens is 272 g/mol. The van der Waals surface area contributed by atoms with Crippen molar-refractivity contribution in [2.75, 3.05) is 31.1 Å². The van der Waals surface area contributed by atoms with Gasteiger partial charge in [0.15, 0.2) is 0 Å². The zero-order chi connectivity index (χ0) is 12.8. The predicted octanol–water partition coefficient (Wildman–Crippen LogP) is 0.985. The van der Waals surface area contributed by atoms with Gasteiger partial charge in [0.25, 0.3) is 0 Å². The first-order valence-corrected chi connectivity index (χ1v) is 7.64. The van der Waals surface area contributed by atoms with Crippen LogP contribution in [-0.4, -0.2) is 47.9 Å². The first-order chi connectivity index (χ1) is 8.77. The van der Waals surface area contributed by atoms with Gasteiger partial charge in [-0.2, -0.15) is 11.8 Å². The van der Waals surface area contributed by atoms with Crippen molar-refractivity contribution in [3.8, 4) is 0 Å². The summed E-state index contributed by atoms with van der Waals surface area (Å²) in [5.74, 6) is 1.46. The molecule has 0 radical (unpaired) electrons. The molecule has 0 saturated carbocycles. The number of hydroxylamine groups is 1. The Morgan fingerprint density at radius 3 is 2.83 bits per heavy atom. The third-order valence-corrected chi connectivity index (χ3v) is 4.27. The SMILES string of the molecule is O=C(ONCC(=O)N1CCSCC1)c1cccs1. The van der Waals surface area contributed by atoms with E-state index in [2.05, 4.69) is 5.48 Å². The molecule has 2 heterocycles. The maximum absolute atomic E-state index is 11.7. The van der Waals surface area contributed by atoms with Gasteiger partial charge in [0, 0.05) is 24.6 Å². The zero-order valence-corrected chi connectivity index (χ0v) is 11.4. The van der Waals surface area contributed by atoms with Crippen LogP contribution in [0.4, 0.5) is 0 Å². The van der Waals surface area contributed by atoms with Gasteiger partial charge in [0.2, 0.25) is 5.91 Å². The lowest BCUT2D eigenvalue weighted by Gasteiger charge is -2.26. The Labute approximate surface area is 113 Å². The molecule has 1 aromatic heterocycles. The number of hydrogen-bond acceptors (Lipinski definition) is 6. The lowest BCUT2D eigenvalue weighted by Crippen LogP contribution is -2.43. The first kappa shape index (κ1) is 13.4. The smallest absolute Gasteiger partial charge is 0.366 e. The second kappa shape index (κ2) is 6.77. The van der Waals surface area contributed by atoms with Crippen LogP contribution in [0.25, 0.3) is 0 Å². The summed E-state index contributed by atoms with van der Waals surface area (Å²) >= 11 is 3.15. The summed E-state index contributed by atoms with van der Waals surface area (Å²) in [5, 5.41) is 1.80.